The molecule has 3 atom stereocenters. The van der Waals surface area contributed by atoms with Crippen LogP contribution < -0.4 is 0 Å². The van der Waals surface area contributed by atoms with Gasteiger partial charge in [-0.15, -0.1) is 0 Å². The van der Waals surface area contributed by atoms with Crippen molar-refractivity contribution in [2.45, 2.75) is 38.9 Å². The molecule has 0 bridgehead atoms. The number of aliphatic hydroxyl groups excluding tert-OH is 1. The fourth-order valence-corrected chi connectivity index (χ4v) is 2.50. The maximum atomic E-state index is 11.9. The molecule has 1 N–H and O–H groups in total. The number of benzene rings is 1. The second-order valence-electron chi connectivity index (χ2n) is 5.11. The molecule has 1 fully saturated rings. The molecular formula is C15H20O3. The predicted molar refractivity (Wildman–Crippen MR) is 68.7 cm³/mol. The van der Waals surface area contributed by atoms with Crippen LogP contribution in [-0.2, 0) is 16.1 Å². The van der Waals surface area contributed by atoms with Crippen LogP contribution in [0.1, 0.15) is 31.7 Å². The number of carbonyl (C=O) groups is 1. The predicted octanol–water partition coefficient (Wildman–Crippen LogP) is 2.53. The summed E-state index contributed by atoms with van der Waals surface area (Å²) in [4.78, 5) is 11.9. The number of ether oxygens (including phenoxy) is 1. The lowest BCUT2D eigenvalue weighted by molar-refractivity contribution is -0.151. The van der Waals surface area contributed by atoms with Gasteiger partial charge in [-0.1, -0.05) is 37.3 Å². The SMILES string of the molecule is CC(C(=O)OCc1ccccc1)C1CCC(O)C1. The van der Waals surface area contributed by atoms with E-state index in [1.165, 1.54) is 0 Å². The summed E-state index contributed by atoms with van der Waals surface area (Å²) >= 11 is 0. The van der Waals surface area contributed by atoms with Crippen LogP contribution in [0.4, 0.5) is 0 Å². The second-order valence-corrected chi connectivity index (χ2v) is 5.11. The van der Waals surface area contributed by atoms with Gasteiger partial charge in [0.1, 0.15) is 6.61 Å². The molecule has 1 saturated carbocycles. The Kier molecular flexibility index (Phi) is 4.37. The lowest BCUT2D eigenvalue weighted by atomic mass is 9.93. The molecule has 0 spiro atoms. The van der Waals surface area contributed by atoms with Gasteiger partial charge in [-0.3, -0.25) is 4.79 Å². The highest BCUT2D eigenvalue weighted by molar-refractivity contribution is 5.72. The van der Waals surface area contributed by atoms with Gasteiger partial charge >= 0.3 is 5.97 Å². The maximum absolute atomic E-state index is 11.9. The molecule has 1 aromatic rings. The first-order valence-electron chi connectivity index (χ1n) is 6.55. The number of aliphatic hydroxyl groups is 1. The van der Waals surface area contributed by atoms with Crippen molar-refractivity contribution in [3.05, 3.63) is 35.9 Å². The normalized spacial score (nSPS) is 24.8. The minimum atomic E-state index is -0.237. The Bertz CT molecular complexity index is 388. The highest BCUT2D eigenvalue weighted by atomic mass is 16.5. The highest BCUT2D eigenvalue weighted by Gasteiger charge is 2.31. The van der Waals surface area contributed by atoms with Crippen LogP contribution in [0, 0.1) is 11.8 Å². The van der Waals surface area contributed by atoms with E-state index in [1.807, 2.05) is 37.3 Å². The van der Waals surface area contributed by atoms with Crippen molar-refractivity contribution in [2.24, 2.45) is 11.8 Å². The van der Waals surface area contributed by atoms with E-state index in [0.717, 1.165) is 24.8 Å². The van der Waals surface area contributed by atoms with Gasteiger partial charge in [-0.25, -0.2) is 0 Å². The first-order chi connectivity index (χ1) is 8.66. The van der Waals surface area contributed by atoms with E-state index < -0.39 is 0 Å². The Morgan fingerprint density at radius 2 is 2.11 bits per heavy atom. The lowest BCUT2D eigenvalue weighted by Crippen LogP contribution is -2.22. The van der Waals surface area contributed by atoms with Crippen LogP contribution >= 0.6 is 0 Å². The van der Waals surface area contributed by atoms with Gasteiger partial charge < -0.3 is 9.84 Å². The van der Waals surface area contributed by atoms with Crippen LogP contribution in [-0.4, -0.2) is 17.2 Å². The molecule has 0 amide bonds. The fraction of sp³-hybridized carbons (Fsp3) is 0.533. The molecule has 3 unspecified atom stereocenters. The molecule has 0 radical (unpaired) electrons. The lowest BCUT2D eigenvalue weighted by Gasteiger charge is -2.17. The van der Waals surface area contributed by atoms with Crippen molar-refractivity contribution >= 4 is 5.97 Å². The molecule has 0 heterocycles. The molecule has 1 aliphatic rings. The molecule has 0 aliphatic heterocycles. The van der Waals surface area contributed by atoms with Gasteiger partial charge in [0.2, 0.25) is 0 Å². The van der Waals surface area contributed by atoms with Gasteiger partial charge in [0.25, 0.3) is 0 Å². The number of rotatable bonds is 4. The minimum Gasteiger partial charge on any atom is -0.461 e. The summed E-state index contributed by atoms with van der Waals surface area (Å²) < 4.78 is 5.32. The third-order valence-electron chi connectivity index (χ3n) is 3.75. The molecule has 1 aromatic carbocycles. The topological polar surface area (TPSA) is 46.5 Å². The smallest absolute Gasteiger partial charge is 0.309 e. The quantitative estimate of drug-likeness (QED) is 0.833. The summed E-state index contributed by atoms with van der Waals surface area (Å²) in [6.07, 6.45) is 2.21. The van der Waals surface area contributed by atoms with Gasteiger partial charge in [-0.2, -0.15) is 0 Å². The maximum Gasteiger partial charge on any atom is 0.309 e. The zero-order valence-electron chi connectivity index (χ0n) is 10.7. The Labute approximate surface area is 108 Å². The summed E-state index contributed by atoms with van der Waals surface area (Å²) in [5.74, 6) is -0.00733. The van der Waals surface area contributed by atoms with Gasteiger partial charge in [0, 0.05) is 0 Å². The number of hydrogen-bond acceptors (Lipinski definition) is 3. The van der Waals surface area contributed by atoms with Crippen molar-refractivity contribution < 1.29 is 14.6 Å². The Morgan fingerprint density at radius 1 is 1.39 bits per heavy atom. The van der Waals surface area contributed by atoms with Crippen molar-refractivity contribution in [3.8, 4) is 0 Å². The largest absolute Gasteiger partial charge is 0.461 e. The Hall–Kier alpha value is -1.35. The fourth-order valence-electron chi connectivity index (χ4n) is 2.50. The van der Waals surface area contributed by atoms with Gasteiger partial charge in [0.15, 0.2) is 0 Å². The van der Waals surface area contributed by atoms with E-state index in [-0.39, 0.29) is 23.9 Å². The molecule has 18 heavy (non-hydrogen) atoms. The minimum absolute atomic E-state index is 0.120. The van der Waals surface area contributed by atoms with Crippen LogP contribution in [0.2, 0.25) is 0 Å². The number of esters is 1. The monoisotopic (exact) mass is 248 g/mol. The van der Waals surface area contributed by atoms with E-state index in [2.05, 4.69) is 0 Å². The van der Waals surface area contributed by atoms with Crippen molar-refractivity contribution in [1.29, 1.82) is 0 Å². The third kappa shape index (κ3) is 3.33. The molecule has 0 aromatic heterocycles. The second kappa shape index (κ2) is 6.01. The molecule has 3 heteroatoms. The summed E-state index contributed by atoms with van der Waals surface area (Å²) in [6.45, 7) is 2.23. The van der Waals surface area contributed by atoms with E-state index in [4.69, 9.17) is 4.74 Å². The van der Waals surface area contributed by atoms with E-state index in [9.17, 15) is 9.90 Å². The van der Waals surface area contributed by atoms with Crippen molar-refractivity contribution in [3.63, 3.8) is 0 Å². The highest BCUT2D eigenvalue weighted by Crippen LogP contribution is 2.32. The van der Waals surface area contributed by atoms with Gasteiger partial charge in [-0.05, 0) is 30.7 Å². The van der Waals surface area contributed by atoms with Crippen LogP contribution in [0.5, 0.6) is 0 Å². The van der Waals surface area contributed by atoms with E-state index in [1.54, 1.807) is 0 Å². The summed E-state index contributed by atoms with van der Waals surface area (Å²) in [5.41, 5.74) is 1.00. The van der Waals surface area contributed by atoms with Crippen LogP contribution in [0.25, 0.3) is 0 Å². The Morgan fingerprint density at radius 3 is 2.72 bits per heavy atom. The molecule has 98 valence electrons. The van der Waals surface area contributed by atoms with Gasteiger partial charge in [0.05, 0.1) is 12.0 Å². The zero-order valence-corrected chi connectivity index (χ0v) is 10.7. The molecule has 1 aliphatic carbocycles. The summed E-state index contributed by atoms with van der Waals surface area (Å²) in [7, 11) is 0. The first kappa shape index (κ1) is 13.1. The third-order valence-corrected chi connectivity index (χ3v) is 3.75. The molecule has 3 nitrogen and oxygen atoms in total. The molecular weight excluding hydrogens is 228 g/mol. The standard InChI is InChI=1S/C15H20O3/c1-11(13-7-8-14(16)9-13)15(17)18-10-12-5-3-2-4-6-12/h2-6,11,13-14,16H,7-10H2,1H3. The van der Waals surface area contributed by atoms with Crippen molar-refractivity contribution in [2.75, 3.05) is 0 Å². The summed E-state index contributed by atoms with van der Waals surface area (Å²) in [6, 6.07) is 9.68. The average molecular weight is 248 g/mol. The molecule has 2 rings (SSSR count). The molecule has 0 saturated heterocycles. The number of hydrogen-bond donors (Lipinski definition) is 1. The van der Waals surface area contributed by atoms with Crippen molar-refractivity contribution in [1.82, 2.24) is 0 Å². The average Bonchev–Trinajstić information content (AvgIpc) is 2.83. The number of carbonyl (C=O) groups excluding carboxylic acids is 1. The van der Waals surface area contributed by atoms with E-state index >= 15 is 0 Å². The van der Waals surface area contributed by atoms with E-state index in [0.29, 0.717) is 6.61 Å². The van der Waals surface area contributed by atoms with Crippen LogP contribution in [0.15, 0.2) is 30.3 Å². The Balaban J connectivity index is 1.81. The first-order valence-corrected chi connectivity index (χ1v) is 6.55. The summed E-state index contributed by atoms with van der Waals surface area (Å²) in [5, 5.41) is 9.49. The van der Waals surface area contributed by atoms with Crippen LogP contribution in [0.3, 0.4) is 0 Å². The zero-order chi connectivity index (χ0) is 13.0.